The van der Waals surface area contributed by atoms with Gasteiger partial charge in [-0.2, -0.15) is 0 Å². The summed E-state index contributed by atoms with van der Waals surface area (Å²) in [4.78, 5) is 13.6. The van der Waals surface area contributed by atoms with E-state index in [9.17, 15) is 4.79 Å². The highest BCUT2D eigenvalue weighted by atomic mass is 32.1. The Bertz CT molecular complexity index is 944. The number of nitrogens with one attached hydrogen (secondary N) is 1. The first kappa shape index (κ1) is 19.6. The van der Waals surface area contributed by atoms with Gasteiger partial charge in [0.15, 0.2) is 0 Å². The number of carbonyl (C=O) groups excluding carboxylic acids is 1. The largest absolute Gasteiger partial charge is 0.397 e. The molecule has 0 radical (unpaired) electrons. The van der Waals surface area contributed by atoms with Gasteiger partial charge in [-0.15, -0.1) is 16.4 Å². The quantitative estimate of drug-likeness (QED) is 0.552. The fourth-order valence-corrected chi connectivity index (χ4v) is 4.62. The predicted octanol–water partition coefficient (Wildman–Crippen LogP) is 4.74. The minimum Gasteiger partial charge on any atom is -0.397 e. The van der Waals surface area contributed by atoms with Crippen molar-refractivity contribution in [3.63, 3.8) is 0 Å². The molecule has 0 spiro atoms. The molecule has 1 aromatic carbocycles. The van der Waals surface area contributed by atoms with E-state index in [0.29, 0.717) is 30.1 Å². The van der Waals surface area contributed by atoms with Crippen molar-refractivity contribution in [2.45, 2.75) is 51.5 Å². The highest BCUT2D eigenvalue weighted by Gasteiger charge is 2.15. The van der Waals surface area contributed by atoms with E-state index in [1.807, 2.05) is 40.5 Å². The normalized spacial score (nSPS) is 14.8. The van der Waals surface area contributed by atoms with Gasteiger partial charge in [0.1, 0.15) is 0 Å². The number of benzene rings is 1. The van der Waals surface area contributed by atoms with Crippen LogP contribution in [0.1, 0.15) is 44.2 Å². The molecule has 0 aliphatic heterocycles. The van der Waals surface area contributed by atoms with Gasteiger partial charge in [0.25, 0.3) is 0 Å². The molecule has 3 aromatic rings. The summed E-state index contributed by atoms with van der Waals surface area (Å²) in [6, 6.07) is 9.80. The minimum absolute atomic E-state index is 0.0677. The maximum absolute atomic E-state index is 12.4. The molecule has 1 aliphatic carbocycles. The summed E-state index contributed by atoms with van der Waals surface area (Å²) in [6.07, 6.45) is 9.47. The molecule has 29 heavy (non-hydrogen) atoms. The van der Waals surface area contributed by atoms with Crippen molar-refractivity contribution in [1.29, 1.82) is 0 Å². The Morgan fingerprint density at radius 2 is 2.10 bits per heavy atom. The highest BCUT2D eigenvalue weighted by molar-refractivity contribution is 7.13. The number of nitrogens with two attached hydrogens (primary N) is 1. The molecule has 1 aliphatic rings. The molecule has 0 unspecified atom stereocenters. The zero-order valence-electron chi connectivity index (χ0n) is 16.5. The van der Waals surface area contributed by atoms with Crippen LogP contribution in [0.15, 0.2) is 41.9 Å². The van der Waals surface area contributed by atoms with Crippen molar-refractivity contribution in [3.8, 4) is 10.4 Å². The van der Waals surface area contributed by atoms with Crippen molar-refractivity contribution in [3.05, 3.63) is 47.6 Å². The van der Waals surface area contributed by atoms with Crippen LogP contribution in [0, 0.1) is 5.92 Å². The molecule has 0 bridgehead atoms. The molecule has 1 amide bonds. The average Bonchev–Trinajstić information content (AvgIpc) is 3.41. The molecule has 2 heterocycles. The van der Waals surface area contributed by atoms with Gasteiger partial charge in [-0.3, -0.25) is 9.48 Å². The second-order valence-corrected chi connectivity index (χ2v) is 8.71. The van der Waals surface area contributed by atoms with Crippen molar-refractivity contribution in [2.24, 2.45) is 5.92 Å². The zero-order valence-corrected chi connectivity index (χ0v) is 17.3. The summed E-state index contributed by atoms with van der Waals surface area (Å²) in [6.45, 7) is 0.936. The lowest BCUT2D eigenvalue weighted by atomic mass is 9.89. The highest BCUT2D eigenvalue weighted by Crippen LogP contribution is 2.30. The van der Waals surface area contributed by atoms with Crippen LogP contribution in [-0.4, -0.2) is 20.9 Å². The Balaban J connectivity index is 1.31. The predicted molar refractivity (Wildman–Crippen MR) is 118 cm³/mol. The zero-order chi connectivity index (χ0) is 20.1. The lowest BCUT2D eigenvalue weighted by Gasteiger charge is -2.20. The molecule has 3 N–H and O–H groups in total. The number of carbonyl (C=O) groups is 1. The van der Waals surface area contributed by atoms with Gasteiger partial charge in [-0.1, -0.05) is 36.6 Å². The summed E-state index contributed by atoms with van der Waals surface area (Å²) in [7, 11) is 0. The molecule has 0 atom stereocenters. The molecular formula is C22H27N5OS. The van der Waals surface area contributed by atoms with Crippen LogP contribution in [0.25, 0.3) is 10.4 Å². The number of rotatable bonds is 7. The molecule has 1 saturated carbocycles. The van der Waals surface area contributed by atoms with Crippen LogP contribution in [-0.2, 0) is 17.8 Å². The number of hydrogen-bond acceptors (Lipinski definition) is 5. The number of aromatic nitrogens is 3. The van der Waals surface area contributed by atoms with Crippen molar-refractivity contribution >= 4 is 28.6 Å². The van der Waals surface area contributed by atoms with Gasteiger partial charge in [0, 0.05) is 30.5 Å². The van der Waals surface area contributed by atoms with Crippen molar-refractivity contribution in [2.75, 3.05) is 11.1 Å². The second kappa shape index (κ2) is 9.22. The number of amides is 1. The van der Waals surface area contributed by atoms with E-state index < -0.39 is 0 Å². The molecule has 4 rings (SSSR count). The van der Waals surface area contributed by atoms with Gasteiger partial charge in [-0.25, -0.2) is 0 Å². The Morgan fingerprint density at radius 3 is 2.90 bits per heavy atom. The Morgan fingerprint density at radius 1 is 1.24 bits per heavy atom. The van der Waals surface area contributed by atoms with E-state index in [-0.39, 0.29) is 5.91 Å². The lowest BCUT2D eigenvalue weighted by Crippen LogP contribution is -2.14. The Hall–Kier alpha value is -2.67. The SMILES string of the molecule is Nc1ccc(-c2cccs2)cc1NC(=O)CCc1cn(CC2CCCCC2)nn1. The number of aryl methyl sites for hydroxylation is 1. The molecule has 152 valence electrons. The van der Waals surface area contributed by atoms with Gasteiger partial charge in [0.05, 0.1) is 17.1 Å². The Kier molecular flexibility index (Phi) is 6.24. The van der Waals surface area contributed by atoms with Gasteiger partial charge >= 0.3 is 0 Å². The van der Waals surface area contributed by atoms with Crippen molar-refractivity contribution in [1.82, 2.24) is 15.0 Å². The third-order valence-corrected chi connectivity index (χ3v) is 6.42. The fraction of sp³-hybridized carbons (Fsp3) is 0.409. The molecule has 7 heteroatoms. The average molecular weight is 410 g/mol. The number of anilines is 2. The maximum atomic E-state index is 12.4. The standard InChI is InChI=1S/C22H27N5OS/c23-19-10-8-17(21-7-4-12-29-21)13-20(19)24-22(28)11-9-18-15-27(26-25-18)14-16-5-2-1-3-6-16/h4,7-8,10,12-13,15-16H,1-3,5-6,9,11,14,23H2,(H,24,28). The number of nitrogens with zero attached hydrogens (tertiary/aromatic N) is 3. The summed E-state index contributed by atoms with van der Waals surface area (Å²) >= 11 is 1.66. The topological polar surface area (TPSA) is 85.8 Å². The third-order valence-electron chi connectivity index (χ3n) is 5.50. The van der Waals surface area contributed by atoms with Crippen molar-refractivity contribution < 1.29 is 4.79 Å². The monoisotopic (exact) mass is 409 g/mol. The van der Waals surface area contributed by atoms with Crippen LogP contribution in [0.2, 0.25) is 0 Å². The van der Waals surface area contributed by atoms with E-state index in [1.54, 1.807) is 11.3 Å². The first-order valence-electron chi connectivity index (χ1n) is 10.3. The summed E-state index contributed by atoms with van der Waals surface area (Å²) in [5, 5.41) is 13.5. The van der Waals surface area contributed by atoms with Crippen LogP contribution in [0.4, 0.5) is 11.4 Å². The molecule has 6 nitrogen and oxygen atoms in total. The molecular weight excluding hydrogens is 382 g/mol. The lowest BCUT2D eigenvalue weighted by molar-refractivity contribution is -0.116. The van der Waals surface area contributed by atoms with Crippen LogP contribution in [0.5, 0.6) is 0 Å². The van der Waals surface area contributed by atoms with Gasteiger partial charge < -0.3 is 11.1 Å². The minimum atomic E-state index is -0.0677. The number of nitrogen functional groups attached to an aromatic ring is 1. The third kappa shape index (κ3) is 5.23. The summed E-state index contributed by atoms with van der Waals surface area (Å²) in [5.41, 5.74) is 9.18. The van der Waals surface area contributed by atoms with Crippen LogP contribution < -0.4 is 11.1 Å². The molecule has 2 aromatic heterocycles. The summed E-state index contributed by atoms with van der Waals surface area (Å²) < 4.78 is 1.94. The second-order valence-electron chi connectivity index (χ2n) is 7.76. The van der Waals surface area contributed by atoms with E-state index in [4.69, 9.17) is 5.73 Å². The molecule has 0 saturated heterocycles. The first-order valence-corrected chi connectivity index (χ1v) is 11.2. The van der Waals surface area contributed by atoms with Crippen LogP contribution in [0.3, 0.4) is 0 Å². The number of thiophene rings is 1. The van der Waals surface area contributed by atoms with E-state index in [0.717, 1.165) is 22.7 Å². The van der Waals surface area contributed by atoms with Gasteiger partial charge in [-0.05, 0) is 47.9 Å². The van der Waals surface area contributed by atoms with Gasteiger partial charge in [0.2, 0.25) is 5.91 Å². The Labute approximate surface area is 175 Å². The summed E-state index contributed by atoms with van der Waals surface area (Å²) in [5.74, 6) is 0.641. The molecule has 1 fully saturated rings. The first-order chi connectivity index (χ1) is 14.2. The smallest absolute Gasteiger partial charge is 0.224 e. The maximum Gasteiger partial charge on any atom is 0.224 e. The van der Waals surface area contributed by atoms with E-state index in [2.05, 4.69) is 21.7 Å². The fourth-order valence-electron chi connectivity index (χ4n) is 3.89. The number of hydrogen-bond donors (Lipinski definition) is 2. The van der Waals surface area contributed by atoms with E-state index in [1.165, 1.54) is 32.1 Å². The van der Waals surface area contributed by atoms with Crippen LogP contribution >= 0.6 is 11.3 Å². The van der Waals surface area contributed by atoms with E-state index >= 15 is 0 Å².